The lowest BCUT2D eigenvalue weighted by molar-refractivity contribution is -0.385. The van der Waals surface area contributed by atoms with E-state index in [9.17, 15) is 10.1 Å². The van der Waals surface area contributed by atoms with Crippen LogP contribution in [0.3, 0.4) is 0 Å². The molecule has 0 aliphatic heterocycles. The van der Waals surface area contributed by atoms with Gasteiger partial charge in [-0.25, -0.2) is 0 Å². The molecule has 0 amide bonds. The Hall–Kier alpha value is -1.62. The van der Waals surface area contributed by atoms with Crippen LogP contribution in [0, 0.1) is 16.0 Å². The molecule has 5 nitrogen and oxygen atoms in total. The summed E-state index contributed by atoms with van der Waals surface area (Å²) in [6.07, 6.45) is 6.57. The number of ether oxygens (including phenoxy) is 1. The van der Waals surface area contributed by atoms with Crippen molar-refractivity contribution in [3.8, 4) is 5.75 Å². The minimum atomic E-state index is -0.376. The lowest BCUT2D eigenvalue weighted by Gasteiger charge is -2.21. The quantitative estimate of drug-likeness (QED) is 0.521. The van der Waals surface area contributed by atoms with Crippen LogP contribution < -0.4 is 10.5 Å². The fraction of sp³-hybridized carbons (Fsp3) is 0.600. The standard InChI is InChI=1S/C15H22N2O3/c1-20-14-9-11(8-13(10-14)17(18)19)7-12-5-3-2-4-6-15(12)16/h8-10,12,15H,2-7,16H2,1H3. The third-order valence-electron chi connectivity index (χ3n) is 4.11. The van der Waals surface area contributed by atoms with Crippen molar-refractivity contribution in [3.05, 3.63) is 33.9 Å². The highest BCUT2D eigenvalue weighted by Crippen LogP contribution is 2.29. The number of nitro groups is 1. The molecule has 1 saturated carbocycles. The Kier molecular flexibility index (Phi) is 4.95. The minimum absolute atomic E-state index is 0.0848. The zero-order chi connectivity index (χ0) is 14.5. The van der Waals surface area contributed by atoms with Crippen molar-refractivity contribution < 1.29 is 9.66 Å². The van der Waals surface area contributed by atoms with Gasteiger partial charge in [-0.1, -0.05) is 19.3 Å². The maximum absolute atomic E-state index is 11.0. The average Bonchev–Trinajstić information content (AvgIpc) is 2.64. The summed E-state index contributed by atoms with van der Waals surface area (Å²) in [5.41, 5.74) is 7.26. The van der Waals surface area contributed by atoms with Crippen molar-refractivity contribution in [2.24, 2.45) is 11.7 Å². The van der Waals surface area contributed by atoms with Crippen LogP contribution in [0.25, 0.3) is 0 Å². The molecular formula is C15H22N2O3. The molecule has 20 heavy (non-hydrogen) atoms. The molecule has 1 aliphatic rings. The maximum atomic E-state index is 11.0. The summed E-state index contributed by atoms with van der Waals surface area (Å²) < 4.78 is 5.15. The van der Waals surface area contributed by atoms with Crippen LogP contribution in [0.2, 0.25) is 0 Å². The number of nitrogens with two attached hydrogens (primary N) is 1. The van der Waals surface area contributed by atoms with E-state index in [1.807, 2.05) is 6.07 Å². The van der Waals surface area contributed by atoms with E-state index in [1.54, 1.807) is 6.07 Å². The Morgan fingerprint density at radius 2 is 2.05 bits per heavy atom. The molecule has 5 heteroatoms. The molecule has 2 N–H and O–H groups in total. The smallest absolute Gasteiger partial charge is 0.273 e. The predicted octanol–water partition coefficient (Wildman–Crippen LogP) is 3.05. The Morgan fingerprint density at radius 3 is 2.75 bits per heavy atom. The number of benzene rings is 1. The molecule has 1 fully saturated rings. The van der Waals surface area contributed by atoms with Crippen LogP contribution in [-0.2, 0) is 6.42 Å². The highest BCUT2D eigenvalue weighted by Gasteiger charge is 2.22. The molecule has 0 aromatic heterocycles. The Labute approximate surface area is 119 Å². The van der Waals surface area contributed by atoms with E-state index in [1.165, 1.54) is 32.4 Å². The van der Waals surface area contributed by atoms with Gasteiger partial charge in [0.15, 0.2) is 0 Å². The zero-order valence-electron chi connectivity index (χ0n) is 11.9. The van der Waals surface area contributed by atoms with Gasteiger partial charge in [0.25, 0.3) is 5.69 Å². The summed E-state index contributed by atoms with van der Waals surface area (Å²) >= 11 is 0. The third-order valence-corrected chi connectivity index (χ3v) is 4.11. The summed E-state index contributed by atoms with van der Waals surface area (Å²) in [6, 6.07) is 5.17. The number of methoxy groups -OCH3 is 1. The molecule has 110 valence electrons. The molecular weight excluding hydrogens is 256 g/mol. The van der Waals surface area contributed by atoms with Gasteiger partial charge in [0.1, 0.15) is 5.75 Å². The van der Waals surface area contributed by atoms with Crippen LogP contribution >= 0.6 is 0 Å². The molecule has 0 radical (unpaired) electrons. The molecule has 2 unspecified atom stereocenters. The van der Waals surface area contributed by atoms with E-state index in [0.717, 1.165) is 24.8 Å². The summed E-state index contributed by atoms with van der Waals surface area (Å²) in [7, 11) is 1.53. The van der Waals surface area contributed by atoms with E-state index in [4.69, 9.17) is 10.5 Å². The summed E-state index contributed by atoms with van der Waals surface area (Å²) in [4.78, 5) is 10.6. The van der Waals surface area contributed by atoms with Crippen LogP contribution in [0.15, 0.2) is 18.2 Å². The van der Waals surface area contributed by atoms with Crippen molar-refractivity contribution in [1.82, 2.24) is 0 Å². The van der Waals surface area contributed by atoms with E-state index in [-0.39, 0.29) is 16.7 Å². The topological polar surface area (TPSA) is 78.4 Å². The summed E-state index contributed by atoms with van der Waals surface area (Å²) in [5.74, 6) is 0.945. The monoisotopic (exact) mass is 278 g/mol. The first-order valence-electron chi connectivity index (χ1n) is 7.18. The Morgan fingerprint density at radius 1 is 1.30 bits per heavy atom. The van der Waals surface area contributed by atoms with Gasteiger partial charge in [-0.15, -0.1) is 0 Å². The number of hydrogen-bond donors (Lipinski definition) is 1. The largest absolute Gasteiger partial charge is 0.496 e. The predicted molar refractivity (Wildman–Crippen MR) is 77.9 cm³/mol. The van der Waals surface area contributed by atoms with E-state index in [2.05, 4.69) is 0 Å². The Balaban J connectivity index is 2.18. The average molecular weight is 278 g/mol. The zero-order valence-corrected chi connectivity index (χ0v) is 11.9. The maximum Gasteiger partial charge on any atom is 0.273 e. The van der Waals surface area contributed by atoms with Crippen LogP contribution in [0.4, 0.5) is 5.69 Å². The first-order valence-corrected chi connectivity index (χ1v) is 7.18. The molecule has 0 bridgehead atoms. The van der Waals surface area contributed by atoms with Crippen molar-refractivity contribution in [3.63, 3.8) is 0 Å². The fourth-order valence-corrected chi connectivity index (χ4v) is 2.95. The Bertz CT molecular complexity index is 476. The van der Waals surface area contributed by atoms with Gasteiger partial charge in [0.2, 0.25) is 0 Å². The molecule has 1 aromatic carbocycles. The molecule has 2 rings (SSSR count). The molecule has 1 aliphatic carbocycles. The van der Waals surface area contributed by atoms with Gasteiger partial charge >= 0.3 is 0 Å². The lowest BCUT2D eigenvalue weighted by atomic mass is 9.89. The fourth-order valence-electron chi connectivity index (χ4n) is 2.95. The second kappa shape index (κ2) is 6.70. The number of hydrogen-bond acceptors (Lipinski definition) is 4. The molecule has 1 aromatic rings. The van der Waals surface area contributed by atoms with Gasteiger partial charge in [-0.2, -0.15) is 0 Å². The highest BCUT2D eigenvalue weighted by atomic mass is 16.6. The van der Waals surface area contributed by atoms with Crippen molar-refractivity contribution in [1.29, 1.82) is 0 Å². The molecule has 2 atom stereocenters. The van der Waals surface area contributed by atoms with Gasteiger partial charge in [0.05, 0.1) is 18.1 Å². The lowest BCUT2D eigenvalue weighted by Crippen LogP contribution is -2.30. The molecule has 0 spiro atoms. The van der Waals surface area contributed by atoms with Gasteiger partial charge in [-0.05, 0) is 36.8 Å². The first kappa shape index (κ1) is 14.8. The second-order valence-corrected chi connectivity index (χ2v) is 5.56. The van der Waals surface area contributed by atoms with E-state index < -0.39 is 0 Å². The first-order chi connectivity index (χ1) is 9.60. The van der Waals surface area contributed by atoms with Gasteiger partial charge in [-0.3, -0.25) is 10.1 Å². The number of nitro benzene ring substituents is 1. The van der Waals surface area contributed by atoms with Gasteiger partial charge < -0.3 is 10.5 Å². The van der Waals surface area contributed by atoms with Crippen molar-refractivity contribution in [2.75, 3.05) is 7.11 Å². The second-order valence-electron chi connectivity index (χ2n) is 5.56. The summed E-state index contributed by atoms with van der Waals surface area (Å²) in [5, 5.41) is 11.0. The van der Waals surface area contributed by atoms with Crippen molar-refractivity contribution in [2.45, 2.75) is 44.6 Å². The molecule has 0 saturated heterocycles. The molecule has 0 heterocycles. The van der Waals surface area contributed by atoms with E-state index >= 15 is 0 Å². The highest BCUT2D eigenvalue weighted by molar-refractivity contribution is 5.43. The van der Waals surface area contributed by atoms with Gasteiger partial charge in [0, 0.05) is 12.1 Å². The number of non-ortho nitro benzene ring substituents is 1. The SMILES string of the molecule is COc1cc(CC2CCCCCC2N)cc([N+](=O)[O-])c1. The third kappa shape index (κ3) is 3.70. The van der Waals surface area contributed by atoms with Crippen LogP contribution in [-0.4, -0.2) is 18.1 Å². The van der Waals surface area contributed by atoms with Crippen LogP contribution in [0.5, 0.6) is 5.75 Å². The summed E-state index contributed by atoms with van der Waals surface area (Å²) in [6.45, 7) is 0. The number of nitrogens with zero attached hydrogens (tertiary/aromatic N) is 1. The number of rotatable bonds is 4. The normalized spacial score (nSPS) is 23.1. The minimum Gasteiger partial charge on any atom is -0.496 e. The van der Waals surface area contributed by atoms with E-state index in [0.29, 0.717) is 11.7 Å². The van der Waals surface area contributed by atoms with Crippen molar-refractivity contribution >= 4 is 5.69 Å². The van der Waals surface area contributed by atoms with Crippen LogP contribution in [0.1, 0.15) is 37.7 Å².